The van der Waals surface area contributed by atoms with Gasteiger partial charge in [0.25, 0.3) is 0 Å². The van der Waals surface area contributed by atoms with Crippen LogP contribution in [0.15, 0.2) is 30.5 Å². The second-order valence-corrected chi connectivity index (χ2v) is 3.80. The van der Waals surface area contributed by atoms with E-state index in [9.17, 15) is 5.11 Å². The minimum Gasteiger partial charge on any atom is -0.504 e. The maximum atomic E-state index is 10.1. The molecule has 1 aromatic heterocycles. The lowest BCUT2D eigenvalue weighted by atomic mass is 10.1. The Kier molecular flexibility index (Phi) is 3.32. The predicted octanol–water partition coefficient (Wildman–Crippen LogP) is 2.67. The van der Waals surface area contributed by atoms with Crippen LogP contribution in [0.5, 0.6) is 11.5 Å². The van der Waals surface area contributed by atoms with Crippen LogP contribution in [0.1, 0.15) is 13.3 Å². The first-order valence-corrected chi connectivity index (χ1v) is 5.66. The zero-order chi connectivity index (χ0) is 12.3. The molecule has 1 aromatic carbocycles. The molecule has 4 heteroatoms. The van der Waals surface area contributed by atoms with E-state index in [1.807, 2.05) is 22.9 Å². The van der Waals surface area contributed by atoms with Crippen molar-refractivity contribution in [3.63, 3.8) is 0 Å². The number of methoxy groups -OCH3 is 1. The Balaban J connectivity index is 2.49. The van der Waals surface area contributed by atoms with Gasteiger partial charge in [0.05, 0.1) is 12.8 Å². The number of phenolic OH excluding ortho intramolecular Hbond substituents is 1. The van der Waals surface area contributed by atoms with Crippen molar-refractivity contribution in [2.24, 2.45) is 0 Å². The van der Waals surface area contributed by atoms with E-state index < -0.39 is 0 Å². The number of para-hydroxylation sites is 1. The molecule has 0 bridgehead atoms. The molecule has 0 saturated heterocycles. The van der Waals surface area contributed by atoms with Gasteiger partial charge in [-0.15, -0.1) is 0 Å². The summed E-state index contributed by atoms with van der Waals surface area (Å²) in [6.07, 6.45) is 2.74. The quantitative estimate of drug-likeness (QED) is 0.881. The number of phenols is 1. The van der Waals surface area contributed by atoms with Gasteiger partial charge in [-0.2, -0.15) is 5.10 Å². The van der Waals surface area contributed by atoms with Crippen LogP contribution in [0.3, 0.4) is 0 Å². The average molecular weight is 232 g/mol. The number of benzene rings is 1. The highest BCUT2D eigenvalue weighted by Crippen LogP contribution is 2.36. The molecule has 0 aliphatic rings. The number of aryl methyl sites for hydroxylation is 1. The molecule has 0 amide bonds. The van der Waals surface area contributed by atoms with Crippen LogP contribution in [-0.4, -0.2) is 22.0 Å². The van der Waals surface area contributed by atoms with Gasteiger partial charge in [0, 0.05) is 18.3 Å². The Morgan fingerprint density at radius 3 is 2.88 bits per heavy atom. The van der Waals surface area contributed by atoms with Gasteiger partial charge >= 0.3 is 0 Å². The minimum atomic E-state index is 0.160. The van der Waals surface area contributed by atoms with Gasteiger partial charge in [0.15, 0.2) is 11.5 Å². The Morgan fingerprint density at radius 2 is 2.18 bits per heavy atom. The number of hydrogen-bond donors (Lipinski definition) is 1. The van der Waals surface area contributed by atoms with E-state index in [0.29, 0.717) is 5.75 Å². The molecule has 0 saturated carbocycles. The van der Waals surface area contributed by atoms with E-state index in [1.54, 1.807) is 19.4 Å². The molecule has 1 heterocycles. The number of hydrogen-bond acceptors (Lipinski definition) is 3. The predicted molar refractivity (Wildman–Crippen MR) is 66.2 cm³/mol. The first-order chi connectivity index (χ1) is 8.27. The van der Waals surface area contributed by atoms with Crippen molar-refractivity contribution < 1.29 is 9.84 Å². The minimum absolute atomic E-state index is 0.160. The number of ether oxygens (including phenoxy) is 1. The van der Waals surface area contributed by atoms with Crippen molar-refractivity contribution in [3.8, 4) is 22.8 Å². The van der Waals surface area contributed by atoms with Crippen LogP contribution < -0.4 is 4.74 Å². The van der Waals surface area contributed by atoms with E-state index in [4.69, 9.17) is 4.74 Å². The maximum Gasteiger partial charge on any atom is 0.167 e. The fourth-order valence-corrected chi connectivity index (χ4v) is 1.85. The highest BCUT2D eigenvalue weighted by molar-refractivity contribution is 5.70. The van der Waals surface area contributed by atoms with Gasteiger partial charge in [-0.3, -0.25) is 4.68 Å². The Morgan fingerprint density at radius 1 is 1.35 bits per heavy atom. The fraction of sp³-hybridized carbons (Fsp3) is 0.308. The zero-order valence-electron chi connectivity index (χ0n) is 10.1. The van der Waals surface area contributed by atoms with E-state index in [2.05, 4.69) is 12.0 Å². The molecular weight excluding hydrogens is 216 g/mol. The van der Waals surface area contributed by atoms with E-state index in [-0.39, 0.29) is 5.75 Å². The van der Waals surface area contributed by atoms with Crippen molar-refractivity contribution in [2.75, 3.05) is 7.11 Å². The third-order valence-electron chi connectivity index (χ3n) is 2.65. The Labute approximate surface area is 100 Å². The van der Waals surface area contributed by atoms with Gasteiger partial charge in [-0.1, -0.05) is 13.0 Å². The molecule has 1 N–H and O–H groups in total. The van der Waals surface area contributed by atoms with Crippen molar-refractivity contribution in [2.45, 2.75) is 19.9 Å². The summed E-state index contributed by atoms with van der Waals surface area (Å²) in [5.41, 5.74) is 1.65. The highest BCUT2D eigenvalue weighted by Gasteiger charge is 2.12. The molecule has 2 rings (SSSR count). The summed E-state index contributed by atoms with van der Waals surface area (Å²) in [5.74, 6) is 0.639. The van der Waals surface area contributed by atoms with Crippen LogP contribution >= 0.6 is 0 Å². The SMILES string of the molecule is CCCn1nccc1-c1cccc(OC)c1O. The first-order valence-electron chi connectivity index (χ1n) is 5.66. The van der Waals surface area contributed by atoms with Crippen LogP contribution in [-0.2, 0) is 6.54 Å². The molecule has 4 nitrogen and oxygen atoms in total. The molecule has 0 unspecified atom stereocenters. The molecular formula is C13H16N2O2. The zero-order valence-corrected chi connectivity index (χ0v) is 10.1. The van der Waals surface area contributed by atoms with Crippen molar-refractivity contribution >= 4 is 0 Å². The van der Waals surface area contributed by atoms with Crippen LogP contribution in [0.4, 0.5) is 0 Å². The largest absolute Gasteiger partial charge is 0.504 e. The second kappa shape index (κ2) is 4.91. The average Bonchev–Trinajstić information content (AvgIpc) is 2.78. The highest BCUT2D eigenvalue weighted by atomic mass is 16.5. The van der Waals surface area contributed by atoms with Gasteiger partial charge < -0.3 is 9.84 Å². The van der Waals surface area contributed by atoms with Gasteiger partial charge in [0.1, 0.15) is 0 Å². The van der Waals surface area contributed by atoms with E-state index >= 15 is 0 Å². The summed E-state index contributed by atoms with van der Waals surface area (Å²) in [6, 6.07) is 7.35. The van der Waals surface area contributed by atoms with Crippen molar-refractivity contribution in [1.82, 2.24) is 9.78 Å². The topological polar surface area (TPSA) is 47.3 Å². The standard InChI is InChI=1S/C13H16N2O2/c1-3-9-15-11(7-8-14-15)10-5-4-6-12(17-2)13(10)16/h4-8,16H,3,9H2,1-2H3. The summed E-state index contributed by atoms with van der Waals surface area (Å²) >= 11 is 0. The first kappa shape index (κ1) is 11.5. The van der Waals surface area contributed by atoms with E-state index in [1.165, 1.54) is 0 Å². The van der Waals surface area contributed by atoms with Crippen LogP contribution in [0.25, 0.3) is 11.3 Å². The number of rotatable bonds is 4. The lowest BCUT2D eigenvalue weighted by Crippen LogP contribution is -2.01. The summed E-state index contributed by atoms with van der Waals surface area (Å²) in [7, 11) is 1.54. The molecule has 0 aliphatic carbocycles. The molecule has 0 fully saturated rings. The fourth-order valence-electron chi connectivity index (χ4n) is 1.85. The monoisotopic (exact) mass is 232 g/mol. The summed E-state index contributed by atoms with van der Waals surface area (Å²) in [6.45, 7) is 2.93. The molecule has 90 valence electrons. The van der Waals surface area contributed by atoms with Crippen LogP contribution in [0.2, 0.25) is 0 Å². The Bertz CT molecular complexity index is 506. The third-order valence-corrected chi connectivity index (χ3v) is 2.65. The molecule has 0 radical (unpaired) electrons. The number of aromatic nitrogens is 2. The number of nitrogens with zero attached hydrogens (tertiary/aromatic N) is 2. The number of aromatic hydroxyl groups is 1. The van der Waals surface area contributed by atoms with Gasteiger partial charge in [-0.05, 0) is 24.6 Å². The normalized spacial score (nSPS) is 10.5. The maximum absolute atomic E-state index is 10.1. The Hall–Kier alpha value is -1.97. The van der Waals surface area contributed by atoms with E-state index in [0.717, 1.165) is 24.2 Å². The summed E-state index contributed by atoms with van der Waals surface area (Å²) < 4.78 is 6.99. The van der Waals surface area contributed by atoms with Crippen molar-refractivity contribution in [1.29, 1.82) is 0 Å². The molecule has 0 aliphatic heterocycles. The van der Waals surface area contributed by atoms with Gasteiger partial charge in [-0.25, -0.2) is 0 Å². The molecule has 17 heavy (non-hydrogen) atoms. The molecule has 0 spiro atoms. The smallest absolute Gasteiger partial charge is 0.167 e. The summed E-state index contributed by atoms with van der Waals surface area (Å²) in [5, 5.41) is 14.3. The molecule has 2 aromatic rings. The molecule has 0 atom stereocenters. The summed E-state index contributed by atoms with van der Waals surface area (Å²) in [4.78, 5) is 0. The van der Waals surface area contributed by atoms with Gasteiger partial charge in [0.2, 0.25) is 0 Å². The lowest BCUT2D eigenvalue weighted by molar-refractivity contribution is 0.374. The van der Waals surface area contributed by atoms with Crippen LogP contribution in [0, 0.1) is 0 Å². The second-order valence-electron chi connectivity index (χ2n) is 3.80. The van der Waals surface area contributed by atoms with Crippen molar-refractivity contribution in [3.05, 3.63) is 30.5 Å². The third kappa shape index (κ3) is 2.11. The lowest BCUT2D eigenvalue weighted by Gasteiger charge is -2.10.